The molecule has 20 heavy (non-hydrogen) atoms. The highest BCUT2D eigenvalue weighted by molar-refractivity contribution is 5.15. The second-order valence-electron chi connectivity index (χ2n) is 6.19. The number of rotatable bonds is 5. The number of nitrogens with zero attached hydrogens (tertiary/aromatic N) is 4. The van der Waals surface area contributed by atoms with Gasteiger partial charge in [-0.2, -0.15) is 5.10 Å². The van der Waals surface area contributed by atoms with E-state index in [1.54, 1.807) is 6.92 Å². The Morgan fingerprint density at radius 2 is 1.75 bits per heavy atom. The first-order valence-electron chi connectivity index (χ1n) is 7.59. The van der Waals surface area contributed by atoms with Crippen LogP contribution in [0, 0.1) is 6.92 Å². The van der Waals surface area contributed by atoms with Crippen LogP contribution >= 0.6 is 0 Å². The Balaban J connectivity index is 1.86. The Morgan fingerprint density at radius 3 is 2.25 bits per heavy atom. The van der Waals surface area contributed by atoms with Gasteiger partial charge in [0.25, 0.3) is 0 Å². The molecule has 1 aromatic rings. The maximum atomic E-state index is 13.0. The molecule has 1 aliphatic heterocycles. The van der Waals surface area contributed by atoms with Gasteiger partial charge in [0.05, 0.1) is 5.69 Å². The fourth-order valence-electron chi connectivity index (χ4n) is 2.64. The lowest BCUT2D eigenvalue weighted by Gasteiger charge is -2.34. The third-order valence-electron chi connectivity index (χ3n) is 3.89. The summed E-state index contributed by atoms with van der Waals surface area (Å²) in [7, 11) is 0. The summed E-state index contributed by atoms with van der Waals surface area (Å²) in [6, 6.07) is 0.408. The zero-order chi connectivity index (χ0) is 14.7. The quantitative estimate of drug-likeness (QED) is 0.828. The first-order chi connectivity index (χ1) is 9.45. The Morgan fingerprint density at radius 1 is 1.15 bits per heavy atom. The van der Waals surface area contributed by atoms with E-state index in [9.17, 15) is 4.39 Å². The molecule has 1 fully saturated rings. The van der Waals surface area contributed by atoms with Crippen molar-refractivity contribution in [2.24, 2.45) is 0 Å². The minimum absolute atomic E-state index is 0.408. The van der Waals surface area contributed by atoms with Crippen LogP contribution in [0.3, 0.4) is 0 Å². The minimum Gasteiger partial charge on any atom is -0.298 e. The first kappa shape index (κ1) is 15.4. The number of piperazine rings is 1. The lowest BCUT2D eigenvalue weighted by molar-refractivity contribution is 0.105. The van der Waals surface area contributed by atoms with E-state index in [0.717, 1.165) is 32.7 Å². The normalized spacial score (nSPS) is 19.7. The van der Waals surface area contributed by atoms with Crippen LogP contribution < -0.4 is 0 Å². The highest BCUT2D eigenvalue weighted by Gasteiger charge is 2.20. The molecule has 0 spiro atoms. The number of hydrogen-bond donors (Lipinski definition) is 0. The average molecular weight is 282 g/mol. The van der Waals surface area contributed by atoms with Crippen molar-refractivity contribution >= 4 is 0 Å². The van der Waals surface area contributed by atoms with E-state index in [0.29, 0.717) is 12.6 Å². The largest absolute Gasteiger partial charge is 0.298 e. The third-order valence-corrected chi connectivity index (χ3v) is 3.89. The molecule has 1 unspecified atom stereocenters. The molecule has 0 saturated carbocycles. The van der Waals surface area contributed by atoms with Crippen LogP contribution in [0.25, 0.3) is 0 Å². The summed E-state index contributed by atoms with van der Waals surface area (Å²) in [4.78, 5) is 4.63. The van der Waals surface area contributed by atoms with E-state index >= 15 is 0 Å². The predicted octanol–water partition coefficient (Wildman–Crippen LogP) is 2.25. The van der Waals surface area contributed by atoms with Crippen LogP contribution in [0.2, 0.25) is 0 Å². The van der Waals surface area contributed by atoms with Gasteiger partial charge in [-0.25, -0.2) is 4.39 Å². The molecule has 2 heterocycles. The lowest BCUT2D eigenvalue weighted by Crippen LogP contribution is -2.47. The molecule has 2 rings (SSSR count). The first-order valence-corrected chi connectivity index (χ1v) is 7.59. The number of alkyl halides is 1. The molecule has 1 saturated heterocycles. The van der Waals surface area contributed by atoms with Crippen LogP contribution in [0.15, 0.2) is 6.20 Å². The molecule has 114 valence electrons. The van der Waals surface area contributed by atoms with Crippen molar-refractivity contribution in [3.05, 3.63) is 17.5 Å². The van der Waals surface area contributed by atoms with Crippen molar-refractivity contribution in [2.45, 2.75) is 46.5 Å². The van der Waals surface area contributed by atoms with E-state index in [1.807, 2.05) is 4.68 Å². The van der Waals surface area contributed by atoms with E-state index in [2.05, 4.69) is 41.9 Å². The summed E-state index contributed by atoms with van der Waals surface area (Å²) in [6.07, 6.45) is 1.40. The molecule has 1 aromatic heterocycles. The topological polar surface area (TPSA) is 24.3 Å². The second-order valence-corrected chi connectivity index (χ2v) is 6.19. The third kappa shape index (κ3) is 4.03. The Hall–Kier alpha value is -0.940. The Labute approximate surface area is 121 Å². The fraction of sp³-hybridized carbons (Fsp3) is 0.800. The van der Waals surface area contributed by atoms with Crippen molar-refractivity contribution in [2.75, 3.05) is 32.7 Å². The standard InChI is InChI=1S/C15H27FN4/c1-12(2)20-9-13(3)15(17-20)11-19-7-5-18(6-8-19)10-14(4)16/h9,12,14H,5-8,10-11H2,1-4H3. The smallest absolute Gasteiger partial charge is 0.110 e. The molecule has 4 nitrogen and oxygen atoms in total. The number of halogens is 1. The summed E-state index contributed by atoms with van der Waals surface area (Å²) in [5, 5.41) is 4.67. The molecule has 0 bridgehead atoms. The van der Waals surface area contributed by atoms with Gasteiger partial charge in [-0.1, -0.05) is 0 Å². The molecule has 5 heteroatoms. The molecular formula is C15H27FN4. The van der Waals surface area contributed by atoms with Gasteiger partial charge in [-0.3, -0.25) is 14.5 Å². The van der Waals surface area contributed by atoms with E-state index in [1.165, 1.54) is 11.3 Å². The van der Waals surface area contributed by atoms with Crippen molar-refractivity contribution in [1.29, 1.82) is 0 Å². The van der Waals surface area contributed by atoms with Gasteiger partial charge >= 0.3 is 0 Å². The monoisotopic (exact) mass is 282 g/mol. The molecule has 0 radical (unpaired) electrons. The predicted molar refractivity (Wildman–Crippen MR) is 79.6 cm³/mol. The summed E-state index contributed by atoms with van der Waals surface area (Å²) < 4.78 is 15.0. The maximum Gasteiger partial charge on any atom is 0.110 e. The molecule has 0 aliphatic carbocycles. The summed E-state index contributed by atoms with van der Waals surface area (Å²) >= 11 is 0. The number of aryl methyl sites for hydroxylation is 1. The summed E-state index contributed by atoms with van der Waals surface area (Å²) in [5.41, 5.74) is 2.43. The molecule has 1 aliphatic rings. The average Bonchev–Trinajstić information content (AvgIpc) is 2.73. The van der Waals surface area contributed by atoms with Crippen LogP contribution in [0.1, 0.15) is 38.1 Å². The van der Waals surface area contributed by atoms with Crippen LogP contribution in [-0.2, 0) is 6.54 Å². The highest BCUT2D eigenvalue weighted by Crippen LogP contribution is 2.14. The van der Waals surface area contributed by atoms with Gasteiger partial charge in [0.15, 0.2) is 0 Å². The van der Waals surface area contributed by atoms with Crippen molar-refractivity contribution in [3.63, 3.8) is 0 Å². The Bertz CT molecular complexity index is 420. The fourth-order valence-corrected chi connectivity index (χ4v) is 2.64. The molecule has 0 aromatic carbocycles. The van der Waals surface area contributed by atoms with Crippen LogP contribution in [0.4, 0.5) is 4.39 Å². The SMILES string of the molecule is Cc1cn(C(C)C)nc1CN1CCN(CC(C)F)CC1. The second kappa shape index (κ2) is 6.68. The van der Waals surface area contributed by atoms with E-state index in [4.69, 9.17) is 0 Å². The van der Waals surface area contributed by atoms with Gasteiger partial charge in [0, 0.05) is 51.5 Å². The van der Waals surface area contributed by atoms with Gasteiger partial charge in [0.1, 0.15) is 6.17 Å². The van der Waals surface area contributed by atoms with Gasteiger partial charge < -0.3 is 0 Å². The van der Waals surface area contributed by atoms with Crippen molar-refractivity contribution in [3.8, 4) is 0 Å². The van der Waals surface area contributed by atoms with Gasteiger partial charge in [0.2, 0.25) is 0 Å². The van der Waals surface area contributed by atoms with Crippen LogP contribution in [0.5, 0.6) is 0 Å². The zero-order valence-corrected chi connectivity index (χ0v) is 13.1. The lowest BCUT2D eigenvalue weighted by atomic mass is 10.2. The zero-order valence-electron chi connectivity index (χ0n) is 13.1. The molecule has 0 N–H and O–H groups in total. The van der Waals surface area contributed by atoms with Crippen LogP contribution in [-0.4, -0.2) is 58.5 Å². The van der Waals surface area contributed by atoms with E-state index in [-0.39, 0.29) is 0 Å². The highest BCUT2D eigenvalue weighted by atomic mass is 19.1. The minimum atomic E-state index is -0.731. The number of hydrogen-bond acceptors (Lipinski definition) is 3. The van der Waals surface area contributed by atoms with E-state index < -0.39 is 6.17 Å². The Kier molecular flexibility index (Phi) is 5.16. The molecule has 1 atom stereocenters. The van der Waals surface area contributed by atoms with Crippen molar-refractivity contribution < 1.29 is 4.39 Å². The molecular weight excluding hydrogens is 255 g/mol. The number of aromatic nitrogens is 2. The van der Waals surface area contributed by atoms with Gasteiger partial charge in [-0.05, 0) is 33.3 Å². The maximum absolute atomic E-state index is 13.0. The molecule has 0 amide bonds. The van der Waals surface area contributed by atoms with Crippen molar-refractivity contribution in [1.82, 2.24) is 19.6 Å². The summed E-state index contributed by atoms with van der Waals surface area (Å²) in [6.45, 7) is 13.4. The van der Waals surface area contributed by atoms with Gasteiger partial charge in [-0.15, -0.1) is 0 Å². The summed E-state index contributed by atoms with van der Waals surface area (Å²) in [5.74, 6) is 0.